The predicted octanol–water partition coefficient (Wildman–Crippen LogP) is 7.90. The topological polar surface area (TPSA) is 205 Å². The number of hydrazine groups is 1. The van der Waals surface area contributed by atoms with Crippen LogP contribution in [0.4, 0.5) is 0 Å². The van der Waals surface area contributed by atoms with E-state index in [1.54, 1.807) is 0 Å². The van der Waals surface area contributed by atoms with Gasteiger partial charge in [-0.05, 0) is 37.8 Å². The number of esters is 4. The zero-order valence-electron chi connectivity index (χ0n) is 39.1. The van der Waals surface area contributed by atoms with E-state index in [0.29, 0.717) is 32.4 Å². The van der Waals surface area contributed by atoms with E-state index in [2.05, 4.69) is 13.2 Å². The highest BCUT2D eigenvalue weighted by Crippen LogP contribution is 2.68. The minimum atomic E-state index is -1.36. The van der Waals surface area contributed by atoms with E-state index in [9.17, 15) is 39.0 Å². The highest BCUT2D eigenvalue weighted by atomic mass is 32.2. The van der Waals surface area contributed by atoms with E-state index in [0.717, 1.165) is 71.0 Å². The Morgan fingerprint density at radius 1 is 0.571 bits per heavy atom. The molecule has 3 aliphatic rings. The molecule has 1 fully saturated rings. The molecule has 6 rings (SSSR count). The van der Waals surface area contributed by atoms with E-state index < -0.39 is 74.3 Å². The van der Waals surface area contributed by atoms with E-state index in [1.807, 2.05) is 74.5 Å². The SMILES string of the molecule is C=C(C)C(=O)OCC(O)COc1c2c(c(OCC(O)COC(=O)C(=C)C)c3c1SC(=C1C(=O)N(Cc4ccccc4)N(Cc4ccccc4)C1=O)S3)SC(=C(C(=O)OCCCC)C(=O)OCCCC)S2. The number of benzene rings is 3. The molecule has 372 valence electrons. The maximum Gasteiger partial charge on any atom is 0.347 e. The smallest absolute Gasteiger partial charge is 0.347 e. The summed E-state index contributed by atoms with van der Waals surface area (Å²) in [6.45, 7) is 12.4. The summed E-state index contributed by atoms with van der Waals surface area (Å²) in [6.07, 6.45) is -0.188. The van der Waals surface area contributed by atoms with Gasteiger partial charge in [0.25, 0.3) is 11.8 Å². The van der Waals surface area contributed by atoms with Crippen molar-refractivity contribution >= 4 is 82.7 Å². The van der Waals surface area contributed by atoms with Crippen molar-refractivity contribution in [3.8, 4) is 11.5 Å². The van der Waals surface area contributed by atoms with Crippen LogP contribution < -0.4 is 9.47 Å². The van der Waals surface area contributed by atoms with Gasteiger partial charge < -0.3 is 38.6 Å². The average molecular weight is 1040 g/mol. The Bertz CT molecular complexity index is 2400. The molecule has 0 radical (unpaired) electrons. The minimum absolute atomic E-state index is 0.0447. The third-order valence-electron chi connectivity index (χ3n) is 10.2. The third kappa shape index (κ3) is 13.4. The van der Waals surface area contributed by atoms with Crippen LogP contribution in [-0.2, 0) is 60.8 Å². The van der Waals surface area contributed by atoms with Gasteiger partial charge in [0.1, 0.15) is 55.7 Å². The fraction of sp³-hybridized carbons (Fsp3) is 0.360. The number of hydrogen-bond acceptors (Lipinski definition) is 18. The van der Waals surface area contributed by atoms with E-state index in [4.69, 9.17) is 28.4 Å². The van der Waals surface area contributed by atoms with Crippen molar-refractivity contribution in [3.63, 3.8) is 0 Å². The number of ether oxygens (including phenoxy) is 6. The Hall–Kier alpha value is -5.64. The normalized spacial score (nSPS) is 14.7. The second-order valence-corrected chi connectivity index (χ2v) is 20.7. The molecule has 0 bridgehead atoms. The van der Waals surface area contributed by atoms with Crippen LogP contribution in [0.25, 0.3) is 0 Å². The maximum atomic E-state index is 14.7. The number of unbranched alkanes of at least 4 members (excludes halogenated alkanes) is 2. The molecule has 2 N–H and O–H groups in total. The molecule has 0 aliphatic carbocycles. The lowest BCUT2D eigenvalue weighted by Crippen LogP contribution is -2.39. The maximum absolute atomic E-state index is 14.7. The van der Waals surface area contributed by atoms with Crippen LogP contribution in [0.15, 0.2) is 124 Å². The monoisotopic (exact) mass is 1030 g/mol. The second kappa shape index (κ2) is 25.5. The number of thioether (sulfide) groups is 4. The van der Waals surface area contributed by atoms with Gasteiger partial charge in [0.15, 0.2) is 5.57 Å². The lowest BCUT2D eigenvalue weighted by molar-refractivity contribution is -0.149. The summed E-state index contributed by atoms with van der Waals surface area (Å²) in [5, 5.41) is 24.9. The van der Waals surface area contributed by atoms with Crippen molar-refractivity contribution in [1.29, 1.82) is 0 Å². The van der Waals surface area contributed by atoms with Crippen LogP contribution in [0.1, 0.15) is 64.5 Å². The van der Waals surface area contributed by atoms with Gasteiger partial charge in [0.2, 0.25) is 0 Å². The van der Waals surface area contributed by atoms with Crippen molar-refractivity contribution in [1.82, 2.24) is 10.0 Å². The first-order valence-corrected chi connectivity index (χ1v) is 25.7. The van der Waals surface area contributed by atoms with Crippen molar-refractivity contribution in [3.05, 3.63) is 116 Å². The number of hydrogen-bond donors (Lipinski definition) is 2. The van der Waals surface area contributed by atoms with E-state index in [1.165, 1.54) is 23.9 Å². The molecule has 70 heavy (non-hydrogen) atoms. The zero-order chi connectivity index (χ0) is 50.5. The molecule has 16 nitrogen and oxygen atoms in total. The minimum Gasteiger partial charge on any atom is -0.488 e. The highest BCUT2D eigenvalue weighted by Gasteiger charge is 2.47. The van der Waals surface area contributed by atoms with Crippen LogP contribution >= 0.6 is 47.0 Å². The Balaban J connectivity index is 1.49. The predicted molar refractivity (Wildman–Crippen MR) is 264 cm³/mol. The molecular formula is C50H54N2O14S4. The van der Waals surface area contributed by atoms with Gasteiger partial charge in [0, 0.05) is 11.1 Å². The fourth-order valence-electron chi connectivity index (χ4n) is 6.50. The van der Waals surface area contributed by atoms with E-state index in [-0.39, 0.29) is 68.6 Å². The Morgan fingerprint density at radius 3 is 1.33 bits per heavy atom. The number of aliphatic hydroxyl groups is 2. The summed E-state index contributed by atoms with van der Waals surface area (Å²) >= 11 is 4.03. The highest BCUT2D eigenvalue weighted by molar-refractivity contribution is 8.26. The number of nitrogens with zero attached hydrogens (tertiary/aromatic N) is 2. The van der Waals surface area contributed by atoms with Gasteiger partial charge in [-0.2, -0.15) is 0 Å². The van der Waals surface area contributed by atoms with Gasteiger partial charge in [-0.15, -0.1) is 0 Å². The number of fused-ring (bicyclic) bond motifs is 2. The Morgan fingerprint density at radius 2 is 0.957 bits per heavy atom. The Labute approximate surface area is 423 Å². The third-order valence-corrected chi connectivity index (χ3v) is 15.4. The summed E-state index contributed by atoms with van der Waals surface area (Å²) in [7, 11) is 0. The number of amides is 2. The van der Waals surface area contributed by atoms with Crippen molar-refractivity contribution in [2.45, 2.75) is 98.3 Å². The Kier molecular flexibility index (Phi) is 19.5. The number of rotatable bonds is 24. The molecular weight excluding hydrogens is 981 g/mol. The molecule has 3 aliphatic heterocycles. The van der Waals surface area contributed by atoms with Crippen LogP contribution in [0.2, 0.25) is 0 Å². The van der Waals surface area contributed by atoms with E-state index >= 15 is 0 Å². The van der Waals surface area contributed by atoms with Crippen LogP contribution in [0.5, 0.6) is 11.5 Å². The van der Waals surface area contributed by atoms with Crippen molar-refractivity contribution < 1.29 is 67.4 Å². The number of aliphatic hydroxyl groups excluding tert-OH is 2. The summed E-state index contributed by atoms with van der Waals surface area (Å²) in [4.78, 5) is 82.7. The van der Waals surface area contributed by atoms with Gasteiger partial charge >= 0.3 is 23.9 Å². The standard InChI is InChI=1S/C50H54N2O14S4/c1-7-9-21-61-47(59)36(48(60)62-22-10-8-2)50-69-41-37(63-25-33(53)27-65-45(57)29(3)4)39-40(38(42(41)70-50)64-26-34(54)28-66-46(58)30(5)6)68-49(67-39)35-43(55)51(23-31-17-13-11-14-18-31)52(44(35)56)24-32-19-15-12-16-20-32/h11-20,33-34,53-54H,3,5,7-10,21-28H2,1-2,4,6H3. The molecule has 3 aromatic rings. The van der Waals surface area contributed by atoms with Crippen LogP contribution in [0, 0.1) is 0 Å². The molecule has 20 heteroatoms. The van der Waals surface area contributed by atoms with Crippen LogP contribution in [0.3, 0.4) is 0 Å². The summed E-state index contributed by atoms with van der Waals surface area (Å²) < 4.78 is 34.7. The van der Waals surface area contributed by atoms with Crippen LogP contribution in [-0.4, -0.2) is 108 Å². The van der Waals surface area contributed by atoms with Gasteiger partial charge in [-0.25, -0.2) is 29.2 Å². The largest absolute Gasteiger partial charge is 0.488 e. The molecule has 3 heterocycles. The molecule has 2 amide bonds. The second-order valence-electron chi connectivity index (χ2n) is 16.1. The molecule has 1 saturated heterocycles. The average Bonchev–Trinajstić information content (AvgIpc) is 4.03. The summed E-state index contributed by atoms with van der Waals surface area (Å²) in [6, 6.07) is 18.5. The molecule has 2 unspecified atom stereocenters. The molecule has 2 atom stereocenters. The van der Waals surface area contributed by atoms with Crippen molar-refractivity contribution in [2.75, 3.05) is 39.6 Å². The zero-order valence-corrected chi connectivity index (χ0v) is 42.4. The molecule has 0 aromatic heterocycles. The van der Waals surface area contributed by atoms with Crippen molar-refractivity contribution in [2.24, 2.45) is 0 Å². The first-order chi connectivity index (χ1) is 33.6. The number of carbonyl (C=O) groups is 6. The molecule has 0 saturated carbocycles. The van der Waals surface area contributed by atoms with Gasteiger partial charge in [0.05, 0.1) is 54.4 Å². The lowest BCUT2D eigenvalue weighted by Gasteiger charge is -2.27. The molecule has 0 spiro atoms. The quantitative estimate of drug-likeness (QED) is 0.0219. The number of carbonyl (C=O) groups excluding carboxylic acids is 6. The first-order valence-electron chi connectivity index (χ1n) is 22.4. The van der Waals surface area contributed by atoms with Gasteiger partial charge in [-0.1, -0.05) is 148 Å². The molecule has 3 aromatic carbocycles. The summed E-state index contributed by atoms with van der Waals surface area (Å²) in [5.41, 5.74) is 1.33. The fourth-order valence-corrected chi connectivity index (χ4v) is 12.0. The summed E-state index contributed by atoms with van der Waals surface area (Å²) in [5.74, 6) is -4.13. The van der Waals surface area contributed by atoms with Gasteiger partial charge in [-0.3, -0.25) is 9.59 Å². The lowest BCUT2D eigenvalue weighted by atomic mass is 10.2. The first kappa shape index (κ1) is 53.7.